The Balaban J connectivity index is 1.81. The molecule has 0 spiro atoms. The van der Waals surface area contributed by atoms with Crippen LogP contribution in [0.25, 0.3) is 11.0 Å². The molecule has 112 valence electrons. The SMILES string of the molecule is O=C(O)c1cc2cc(CN3CCCCC3CO)ccc2o1. The van der Waals surface area contributed by atoms with E-state index in [0.29, 0.717) is 5.58 Å². The second-order valence-corrected chi connectivity index (χ2v) is 5.59. The number of aliphatic hydroxyl groups excluding tert-OH is 1. The van der Waals surface area contributed by atoms with E-state index in [2.05, 4.69) is 4.90 Å². The molecule has 5 nitrogen and oxygen atoms in total. The fraction of sp³-hybridized carbons (Fsp3) is 0.438. The Kier molecular flexibility index (Phi) is 3.94. The van der Waals surface area contributed by atoms with Gasteiger partial charge in [-0.15, -0.1) is 0 Å². The number of hydrogen-bond donors (Lipinski definition) is 2. The lowest BCUT2D eigenvalue weighted by Gasteiger charge is -2.34. The zero-order chi connectivity index (χ0) is 14.8. The monoisotopic (exact) mass is 289 g/mol. The van der Waals surface area contributed by atoms with E-state index in [1.54, 1.807) is 6.07 Å². The van der Waals surface area contributed by atoms with Gasteiger partial charge in [-0.2, -0.15) is 0 Å². The molecule has 1 aromatic carbocycles. The van der Waals surface area contributed by atoms with Crippen molar-refractivity contribution in [1.29, 1.82) is 0 Å². The predicted molar refractivity (Wildman–Crippen MR) is 78.3 cm³/mol. The van der Waals surface area contributed by atoms with Gasteiger partial charge in [0.05, 0.1) is 6.61 Å². The van der Waals surface area contributed by atoms with Crippen LogP contribution >= 0.6 is 0 Å². The van der Waals surface area contributed by atoms with Gasteiger partial charge in [0.15, 0.2) is 0 Å². The number of piperidine rings is 1. The summed E-state index contributed by atoms with van der Waals surface area (Å²) in [7, 11) is 0. The second kappa shape index (κ2) is 5.87. The number of benzene rings is 1. The number of carbonyl (C=O) groups is 1. The molecule has 1 atom stereocenters. The van der Waals surface area contributed by atoms with E-state index in [0.717, 1.165) is 36.9 Å². The summed E-state index contributed by atoms with van der Waals surface area (Å²) in [5.74, 6) is -1.09. The molecule has 2 N–H and O–H groups in total. The maximum atomic E-state index is 10.9. The van der Waals surface area contributed by atoms with Crippen molar-refractivity contribution < 1.29 is 19.4 Å². The third kappa shape index (κ3) is 2.94. The summed E-state index contributed by atoms with van der Waals surface area (Å²) >= 11 is 0. The van der Waals surface area contributed by atoms with Crippen molar-refractivity contribution in [2.75, 3.05) is 13.2 Å². The van der Waals surface area contributed by atoms with Gasteiger partial charge < -0.3 is 14.6 Å². The highest BCUT2D eigenvalue weighted by Crippen LogP contribution is 2.24. The lowest BCUT2D eigenvalue weighted by molar-refractivity contribution is 0.0665. The van der Waals surface area contributed by atoms with Crippen molar-refractivity contribution in [3.05, 3.63) is 35.6 Å². The third-order valence-electron chi connectivity index (χ3n) is 4.14. The highest BCUT2D eigenvalue weighted by Gasteiger charge is 2.21. The predicted octanol–water partition coefficient (Wildman–Crippen LogP) is 2.48. The van der Waals surface area contributed by atoms with Crippen molar-refractivity contribution in [2.24, 2.45) is 0 Å². The van der Waals surface area contributed by atoms with Gasteiger partial charge in [-0.3, -0.25) is 4.90 Å². The average molecular weight is 289 g/mol. The number of aliphatic hydroxyl groups is 1. The van der Waals surface area contributed by atoms with Crippen molar-refractivity contribution in [2.45, 2.75) is 31.8 Å². The summed E-state index contributed by atoms with van der Waals surface area (Å²) < 4.78 is 5.26. The van der Waals surface area contributed by atoms with Crippen LogP contribution in [0.15, 0.2) is 28.7 Å². The molecule has 1 aliphatic heterocycles. The molecular weight excluding hydrogens is 270 g/mol. The molecule has 0 bridgehead atoms. The Morgan fingerprint density at radius 3 is 2.95 bits per heavy atom. The summed E-state index contributed by atoms with van der Waals surface area (Å²) in [6.07, 6.45) is 3.37. The first-order chi connectivity index (χ1) is 10.2. The first kappa shape index (κ1) is 14.1. The van der Waals surface area contributed by atoms with Gasteiger partial charge >= 0.3 is 5.97 Å². The number of likely N-dealkylation sites (tertiary alicyclic amines) is 1. The average Bonchev–Trinajstić information content (AvgIpc) is 2.91. The Hall–Kier alpha value is -1.85. The van der Waals surface area contributed by atoms with E-state index in [9.17, 15) is 9.90 Å². The topological polar surface area (TPSA) is 73.9 Å². The van der Waals surface area contributed by atoms with Gasteiger partial charge in [-0.05, 0) is 43.1 Å². The van der Waals surface area contributed by atoms with Crippen LogP contribution in [-0.4, -0.2) is 40.3 Å². The van der Waals surface area contributed by atoms with Crippen LogP contribution in [0.1, 0.15) is 35.4 Å². The summed E-state index contributed by atoms with van der Waals surface area (Å²) in [6.45, 7) is 1.96. The van der Waals surface area contributed by atoms with E-state index in [-0.39, 0.29) is 18.4 Å². The van der Waals surface area contributed by atoms with E-state index in [1.807, 2.05) is 18.2 Å². The molecule has 1 aromatic heterocycles. The third-order valence-corrected chi connectivity index (χ3v) is 4.14. The van der Waals surface area contributed by atoms with E-state index >= 15 is 0 Å². The number of carboxylic acid groups (broad SMARTS) is 1. The lowest BCUT2D eigenvalue weighted by atomic mass is 10.0. The molecule has 0 radical (unpaired) electrons. The maximum Gasteiger partial charge on any atom is 0.371 e. The maximum absolute atomic E-state index is 10.9. The zero-order valence-corrected chi connectivity index (χ0v) is 11.8. The Morgan fingerprint density at radius 2 is 2.19 bits per heavy atom. The minimum absolute atomic E-state index is 0.0339. The largest absolute Gasteiger partial charge is 0.475 e. The van der Waals surface area contributed by atoms with Gasteiger partial charge in [-0.25, -0.2) is 4.79 Å². The summed E-state index contributed by atoms with van der Waals surface area (Å²) in [5.41, 5.74) is 1.70. The number of fused-ring (bicyclic) bond motifs is 1. The van der Waals surface area contributed by atoms with Crippen LogP contribution < -0.4 is 0 Å². The molecule has 0 aliphatic carbocycles. The minimum atomic E-state index is -1.05. The van der Waals surface area contributed by atoms with Gasteiger partial charge in [0.1, 0.15) is 5.58 Å². The van der Waals surface area contributed by atoms with E-state index in [4.69, 9.17) is 9.52 Å². The number of aromatic carboxylic acids is 1. The van der Waals surface area contributed by atoms with E-state index < -0.39 is 5.97 Å². The van der Waals surface area contributed by atoms with Crippen LogP contribution in [0.3, 0.4) is 0 Å². The van der Waals surface area contributed by atoms with E-state index in [1.165, 1.54) is 6.42 Å². The highest BCUT2D eigenvalue weighted by molar-refractivity contribution is 5.91. The van der Waals surface area contributed by atoms with Crippen molar-refractivity contribution in [3.63, 3.8) is 0 Å². The summed E-state index contributed by atoms with van der Waals surface area (Å²) in [6, 6.07) is 7.53. The lowest BCUT2D eigenvalue weighted by Crippen LogP contribution is -2.41. The molecule has 0 saturated carbocycles. The Morgan fingerprint density at radius 1 is 1.33 bits per heavy atom. The Bertz CT molecular complexity index is 649. The normalized spacial score (nSPS) is 20.0. The molecule has 2 heterocycles. The van der Waals surface area contributed by atoms with Crippen LogP contribution in [0.4, 0.5) is 0 Å². The quantitative estimate of drug-likeness (QED) is 0.904. The fourth-order valence-corrected chi connectivity index (χ4v) is 3.01. The molecule has 2 aromatic rings. The van der Waals surface area contributed by atoms with Gasteiger partial charge in [0, 0.05) is 18.0 Å². The number of rotatable bonds is 4. The van der Waals surface area contributed by atoms with Crippen LogP contribution in [0.2, 0.25) is 0 Å². The number of carboxylic acids is 1. The van der Waals surface area contributed by atoms with Gasteiger partial charge in [-0.1, -0.05) is 12.5 Å². The van der Waals surface area contributed by atoms with Crippen LogP contribution in [0.5, 0.6) is 0 Å². The smallest absolute Gasteiger partial charge is 0.371 e. The zero-order valence-electron chi connectivity index (χ0n) is 11.8. The minimum Gasteiger partial charge on any atom is -0.475 e. The number of furan rings is 1. The molecule has 3 rings (SSSR count). The first-order valence-corrected chi connectivity index (χ1v) is 7.28. The molecule has 21 heavy (non-hydrogen) atoms. The number of hydrogen-bond acceptors (Lipinski definition) is 4. The van der Waals surface area contributed by atoms with Crippen molar-refractivity contribution in [3.8, 4) is 0 Å². The van der Waals surface area contributed by atoms with Crippen LogP contribution in [0, 0.1) is 0 Å². The molecule has 1 fully saturated rings. The van der Waals surface area contributed by atoms with Crippen molar-refractivity contribution in [1.82, 2.24) is 4.90 Å². The van der Waals surface area contributed by atoms with Crippen molar-refractivity contribution >= 4 is 16.9 Å². The van der Waals surface area contributed by atoms with Gasteiger partial charge in [0.2, 0.25) is 5.76 Å². The first-order valence-electron chi connectivity index (χ1n) is 7.28. The standard InChI is InChI=1S/C16H19NO4/c18-10-13-3-1-2-6-17(13)9-11-4-5-14-12(7-11)8-15(21-14)16(19)20/h4-5,7-8,13,18H,1-3,6,9-10H2,(H,19,20). The summed E-state index contributed by atoms with van der Waals surface area (Å²) in [4.78, 5) is 13.2. The molecule has 5 heteroatoms. The highest BCUT2D eigenvalue weighted by atomic mass is 16.4. The molecule has 1 unspecified atom stereocenters. The molecule has 1 saturated heterocycles. The van der Waals surface area contributed by atoms with Crippen LogP contribution in [-0.2, 0) is 6.54 Å². The number of nitrogens with zero attached hydrogens (tertiary/aromatic N) is 1. The molecule has 0 amide bonds. The molecule has 1 aliphatic rings. The second-order valence-electron chi connectivity index (χ2n) is 5.59. The molecular formula is C16H19NO4. The fourth-order valence-electron chi connectivity index (χ4n) is 3.01. The summed E-state index contributed by atoms with van der Waals surface area (Å²) in [5, 5.41) is 19.2. The Labute approximate surface area is 122 Å². The van der Waals surface area contributed by atoms with Gasteiger partial charge in [0.25, 0.3) is 0 Å².